The number of benzene rings is 2. The van der Waals surface area contributed by atoms with Gasteiger partial charge in [0.05, 0.1) is 5.69 Å². The van der Waals surface area contributed by atoms with Gasteiger partial charge in [-0.2, -0.15) is 0 Å². The van der Waals surface area contributed by atoms with Crippen molar-refractivity contribution >= 4 is 21.9 Å². The number of pyridine rings is 1. The minimum atomic E-state index is 0.0704. The summed E-state index contributed by atoms with van der Waals surface area (Å²) in [6, 6.07) is 19.2. The Balaban J connectivity index is 1.98. The Labute approximate surface area is 142 Å². The molecule has 24 heavy (non-hydrogen) atoms. The SMILES string of the molecule is Cc1cc2ccc(-c3cc(C(C)(C)C)c4ccccc4c3)nc2o1. The first-order valence-corrected chi connectivity index (χ1v) is 8.33. The molecular weight excluding hydrogens is 294 g/mol. The van der Waals surface area contributed by atoms with Crippen molar-refractivity contribution in [2.75, 3.05) is 0 Å². The van der Waals surface area contributed by atoms with E-state index in [-0.39, 0.29) is 5.41 Å². The van der Waals surface area contributed by atoms with Crippen molar-refractivity contribution in [2.45, 2.75) is 33.1 Å². The van der Waals surface area contributed by atoms with Crippen molar-refractivity contribution in [3.8, 4) is 11.3 Å². The zero-order valence-corrected chi connectivity index (χ0v) is 14.6. The molecule has 0 saturated heterocycles. The van der Waals surface area contributed by atoms with Crippen LogP contribution in [0.25, 0.3) is 33.1 Å². The Morgan fingerprint density at radius 3 is 2.46 bits per heavy atom. The molecule has 0 aliphatic rings. The molecule has 0 bridgehead atoms. The summed E-state index contributed by atoms with van der Waals surface area (Å²) in [4.78, 5) is 4.73. The zero-order valence-electron chi connectivity index (χ0n) is 14.6. The standard InChI is InChI=1S/C22H21NO/c1-14-11-16-9-10-20(23-21(16)24-14)17-12-15-7-5-6-8-18(15)19(13-17)22(2,3)4/h5-13H,1-4H3. The van der Waals surface area contributed by atoms with E-state index in [1.807, 2.05) is 13.0 Å². The predicted octanol–water partition coefficient (Wildman–Crippen LogP) is 6.25. The molecule has 0 saturated carbocycles. The molecule has 0 aliphatic heterocycles. The normalized spacial score (nSPS) is 12.2. The molecule has 4 aromatic rings. The summed E-state index contributed by atoms with van der Waals surface area (Å²) < 4.78 is 5.70. The Bertz CT molecular complexity index is 1050. The summed E-state index contributed by atoms with van der Waals surface area (Å²) in [7, 11) is 0. The van der Waals surface area contributed by atoms with Crippen LogP contribution in [0, 0.1) is 6.92 Å². The molecule has 0 aliphatic carbocycles. The Morgan fingerprint density at radius 2 is 1.67 bits per heavy atom. The summed E-state index contributed by atoms with van der Waals surface area (Å²) in [6.07, 6.45) is 0. The Hall–Kier alpha value is -2.61. The summed E-state index contributed by atoms with van der Waals surface area (Å²) in [5.74, 6) is 0.892. The second-order valence-electron chi connectivity index (χ2n) is 7.44. The first kappa shape index (κ1) is 14.9. The fraction of sp³-hybridized carbons (Fsp3) is 0.227. The maximum absolute atomic E-state index is 5.70. The van der Waals surface area contributed by atoms with Crippen LogP contribution in [0.1, 0.15) is 32.1 Å². The van der Waals surface area contributed by atoms with Gasteiger partial charge in [0.1, 0.15) is 5.76 Å². The van der Waals surface area contributed by atoms with Crippen LogP contribution in [-0.2, 0) is 5.41 Å². The number of hydrogen-bond acceptors (Lipinski definition) is 2. The van der Waals surface area contributed by atoms with Crippen LogP contribution in [0.5, 0.6) is 0 Å². The number of fused-ring (bicyclic) bond motifs is 2. The average molecular weight is 315 g/mol. The largest absolute Gasteiger partial charge is 0.443 e. The molecule has 0 fully saturated rings. The fourth-order valence-electron chi connectivity index (χ4n) is 3.28. The van der Waals surface area contributed by atoms with Crippen LogP contribution in [0.15, 0.2) is 59.0 Å². The molecule has 120 valence electrons. The summed E-state index contributed by atoms with van der Waals surface area (Å²) in [5, 5.41) is 3.61. The molecule has 4 rings (SSSR count). The third kappa shape index (κ3) is 2.48. The maximum atomic E-state index is 5.70. The van der Waals surface area contributed by atoms with E-state index >= 15 is 0 Å². The Kier molecular flexibility index (Phi) is 3.24. The fourth-order valence-corrected chi connectivity index (χ4v) is 3.28. The third-order valence-electron chi connectivity index (χ3n) is 4.47. The number of aryl methyl sites for hydroxylation is 1. The van der Waals surface area contributed by atoms with Crippen LogP contribution < -0.4 is 0 Å². The molecule has 0 amide bonds. The smallest absolute Gasteiger partial charge is 0.226 e. The molecule has 2 nitrogen and oxygen atoms in total. The lowest BCUT2D eigenvalue weighted by Crippen LogP contribution is -2.12. The van der Waals surface area contributed by atoms with Gasteiger partial charge in [-0.05, 0) is 59.0 Å². The quantitative estimate of drug-likeness (QED) is 0.414. The lowest BCUT2D eigenvalue weighted by Gasteiger charge is -2.22. The van der Waals surface area contributed by atoms with Crippen molar-refractivity contribution < 1.29 is 4.42 Å². The minimum Gasteiger partial charge on any atom is -0.443 e. The number of hydrogen-bond donors (Lipinski definition) is 0. The molecule has 2 aromatic carbocycles. The second-order valence-corrected chi connectivity index (χ2v) is 7.44. The molecule has 0 N–H and O–H groups in total. The molecule has 0 unspecified atom stereocenters. The molecule has 0 radical (unpaired) electrons. The number of furan rings is 1. The van der Waals surface area contributed by atoms with Gasteiger partial charge in [-0.25, -0.2) is 4.98 Å². The minimum absolute atomic E-state index is 0.0704. The topological polar surface area (TPSA) is 26.0 Å². The van der Waals surface area contributed by atoms with E-state index in [0.29, 0.717) is 5.71 Å². The van der Waals surface area contributed by atoms with Gasteiger partial charge in [0.2, 0.25) is 5.71 Å². The summed E-state index contributed by atoms with van der Waals surface area (Å²) in [6.45, 7) is 8.72. The average Bonchev–Trinajstić information content (AvgIpc) is 2.92. The van der Waals surface area contributed by atoms with Gasteiger partial charge in [0, 0.05) is 10.9 Å². The number of rotatable bonds is 1. The van der Waals surface area contributed by atoms with E-state index in [1.54, 1.807) is 0 Å². The molecule has 2 heterocycles. The highest BCUT2D eigenvalue weighted by Crippen LogP contribution is 2.34. The Morgan fingerprint density at radius 1 is 0.875 bits per heavy atom. The van der Waals surface area contributed by atoms with Crippen LogP contribution in [-0.4, -0.2) is 4.98 Å². The van der Waals surface area contributed by atoms with Crippen LogP contribution >= 0.6 is 0 Å². The van der Waals surface area contributed by atoms with Crippen molar-refractivity contribution in [3.63, 3.8) is 0 Å². The van der Waals surface area contributed by atoms with Crippen LogP contribution in [0.3, 0.4) is 0 Å². The number of nitrogens with zero attached hydrogens (tertiary/aromatic N) is 1. The van der Waals surface area contributed by atoms with E-state index in [1.165, 1.54) is 16.3 Å². The van der Waals surface area contributed by atoms with E-state index in [2.05, 4.69) is 69.3 Å². The lowest BCUT2D eigenvalue weighted by molar-refractivity contribution is 0.568. The lowest BCUT2D eigenvalue weighted by atomic mass is 9.82. The first-order chi connectivity index (χ1) is 11.4. The second kappa shape index (κ2) is 5.20. The van der Waals surface area contributed by atoms with E-state index < -0.39 is 0 Å². The zero-order chi connectivity index (χ0) is 16.9. The van der Waals surface area contributed by atoms with E-state index in [9.17, 15) is 0 Å². The van der Waals surface area contributed by atoms with Gasteiger partial charge in [-0.1, -0.05) is 45.0 Å². The van der Waals surface area contributed by atoms with Crippen molar-refractivity contribution in [1.82, 2.24) is 4.98 Å². The van der Waals surface area contributed by atoms with Crippen molar-refractivity contribution in [2.24, 2.45) is 0 Å². The molecule has 2 aromatic heterocycles. The van der Waals surface area contributed by atoms with E-state index in [0.717, 1.165) is 22.4 Å². The van der Waals surface area contributed by atoms with Gasteiger partial charge in [0.25, 0.3) is 0 Å². The molecule has 2 heteroatoms. The van der Waals surface area contributed by atoms with Crippen molar-refractivity contribution in [1.29, 1.82) is 0 Å². The predicted molar refractivity (Wildman–Crippen MR) is 100 cm³/mol. The van der Waals surface area contributed by atoms with Gasteiger partial charge in [-0.3, -0.25) is 0 Å². The van der Waals surface area contributed by atoms with Crippen molar-refractivity contribution in [3.05, 3.63) is 65.9 Å². The van der Waals surface area contributed by atoms with Crippen LogP contribution in [0.4, 0.5) is 0 Å². The van der Waals surface area contributed by atoms with Gasteiger partial charge in [0.15, 0.2) is 0 Å². The van der Waals surface area contributed by atoms with Crippen LogP contribution in [0.2, 0.25) is 0 Å². The van der Waals surface area contributed by atoms with Gasteiger partial charge in [-0.15, -0.1) is 0 Å². The number of aromatic nitrogens is 1. The van der Waals surface area contributed by atoms with E-state index in [4.69, 9.17) is 9.40 Å². The van der Waals surface area contributed by atoms with Gasteiger partial charge >= 0.3 is 0 Å². The highest BCUT2D eigenvalue weighted by Gasteiger charge is 2.18. The molecular formula is C22H21NO. The third-order valence-corrected chi connectivity index (χ3v) is 4.47. The van der Waals surface area contributed by atoms with Gasteiger partial charge < -0.3 is 4.42 Å². The molecule has 0 atom stereocenters. The first-order valence-electron chi connectivity index (χ1n) is 8.33. The maximum Gasteiger partial charge on any atom is 0.226 e. The molecule has 0 spiro atoms. The summed E-state index contributed by atoms with van der Waals surface area (Å²) >= 11 is 0. The highest BCUT2D eigenvalue weighted by atomic mass is 16.3. The summed E-state index contributed by atoms with van der Waals surface area (Å²) in [5.41, 5.74) is 4.20. The monoisotopic (exact) mass is 315 g/mol. The highest BCUT2D eigenvalue weighted by molar-refractivity contribution is 5.91.